The van der Waals surface area contributed by atoms with Gasteiger partial charge in [0.25, 0.3) is 0 Å². The lowest BCUT2D eigenvalue weighted by Crippen LogP contribution is -1.97. The van der Waals surface area contributed by atoms with Gasteiger partial charge in [-0.25, -0.2) is 0 Å². The minimum atomic E-state index is 0.869. The highest BCUT2D eigenvalue weighted by Crippen LogP contribution is 2.48. The molecule has 0 atom stereocenters. The van der Waals surface area contributed by atoms with Crippen molar-refractivity contribution in [2.45, 2.75) is 0 Å². The molecule has 0 radical (unpaired) electrons. The van der Waals surface area contributed by atoms with Crippen LogP contribution >= 0.6 is 0 Å². The van der Waals surface area contributed by atoms with Crippen LogP contribution in [0.15, 0.2) is 154 Å². The number of fused-ring (bicyclic) bond motifs is 10. The maximum atomic E-state index is 6.62. The fraction of sp³-hybridized carbons (Fsp3) is 0. The summed E-state index contributed by atoms with van der Waals surface area (Å²) in [5.41, 5.74) is 10.3. The second-order valence-electron chi connectivity index (χ2n) is 12.4. The molecule has 0 bridgehead atoms. The summed E-state index contributed by atoms with van der Waals surface area (Å²) in [4.78, 5) is 0. The Morgan fingerprint density at radius 3 is 1.96 bits per heavy atom. The van der Waals surface area contributed by atoms with Crippen molar-refractivity contribution in [3.8, 4) is 44.9 Å². The largest absolute Gasteiger partial charge is 0.456 e. The van der Waals surface area contributed by atoms with E-state index in [-0.39, 0.29) is 0 Å². The molecule has 3 nitrogen and oxygen atoms in total. The molecule has 10 aromatic rings. The molecule has 1 aliphatic rings. The van der Waals surface area contributed by atoms with Gasteiger partial charge in [0.05, 0.1) is 0 Å². The van der Waals surface area contributed by atoms with Gasteiger partial charge >= 0.3 is 0 Å². The molecule has 3 heterocycles. The molecule has 0 spiro atoms. The molecule has 1 aliphatic heterocycles. The monoisotopic (exact) mass is 600 g/mol. The highest BCUT2D eigenvalue weighted by atomic mass is 16.5. The van der Waals surface area contributed by atoms with E-state index in [9.17, 15) is 0 Å². The number of benzene rings is 8. The second kappa shape index (κ2) is 9.12. The van der Waals surface area contributed by atoms with Gasteiger partial charge in [0.15, 0.2) is 0 Å². The third kappa shape index (κ3) is 3.51. The maximum absolute atomic E-state index is 6.62. The lowest BCUT2D eigenvalue weighted by molar-refractivity contribution is 0.487. The smallest absolute Gasteiger partial charge is 0.136 e. The van der Waals surface area contributed by atoms with Gasteiger partial charge in [0, 0.05) is 32.5 Å². The molecular formula is C44H24O3. The normalized spacial score (nSPS) is 12.4. The number of hydrogen-bond acceptors (Lipinski definition) is 3. The Kier molecular flexibility index (Phi) is 4.84. The van der Waals surface area contributed by atoms with Crippen molar-refractivity contribution in [1.29, 1.82) is 0 Å². The first kappa shape index (κ1) is 24.9. The SMILES string of the molecule is c1ccc2c(c1)Oc1cccc3cc(-c4ccc5c(c4)oc4cc(-c6cccc7oc8ccc9ccccc9c8c67)ccc45)cc-2c13. The summed E-state index contributed by atoms with van der Waals surface area (Å²) >= 11 is 0. The molecule has 0 saturated heterocycles. The average Bonchev–Trinajstić information content (AvgIpc) is 3.69. The van der Waals surface area contributed by atoms with Crippen LogP contribution in [0.3, 0.4) is 0 Å². The van der Waals surface area contributed by atoms with Crippen molar-refractivity contribution >= 4 is 65.4 Å². The molecule has 218 valence electrons. The highest BCUT2D eigenvalue weighted by Gasteiger charge is 2.21. The standard InChI is InChI=1S/C44H24O3/c1-2-9-30-25(7-1)17-20-39-43(30)44-31(11-6-14-38(44)46-39)27-16-19-34-33-18-15-26(23-40(33)47-41(34)24-27)29-21-28-8-5-13-37-42(28)35(22-29)32-10-3-4-12-36(32)45-37/h1-24H. The Morgan fingerprint density at radius 2 is 1.02 bits per heavy atom. The van der Waals surface area contributed by atoms with E-state index in [0.29, 0.717) is 0 Å². The summed E-state index contributed by atoms with van der Waals surface area (Å²) in [6.07, 6.45) is 0. The van der Waals surface area contributed by atoms with Gasteiger partial charge < -0.3 is 13.6 Å². The van der Waals surface area contributed by atoms with Gasteiger partial charge in [-0.3, -0.25) is 0 Å². The molecule has 0 amide bonds. The van der Waals surface area contributed by atoms with Gasteiger partial charge in [-0.1, -0.05) is 84.9 Å². The number of furan rings is 2. The Morgan fingerprint density at radius 1 is 0.319 bits per heavy atom. The first-order valence-electron chi connectivity index (χ1n) is 15.9. The number of ether oxygens (including phenoxy) is 1. The van der Waals surface area contributed by atoms with E-state index in [1.165, 1.54) is 16.3 Å². The summed E-state index contributed by atoms with van der Waals surface area (Å²) in [5, 5.41) is 9.21. The Labute approximate surface area is 268 Å². The van der Waals surface area contributed by atoms with Gasteiger partial charge in [-0.05, 0) is 105 Å². The molecule has 47 heavy (non-hydrogen) atoms. The molecule has 2 aromatic heterocycles. The van der Waals surface area contributed by atoms with Crippen molar-refractivity contribution in [1.82, 2.24) is 0 Å². The molecule has 0 saturated carbocycles. The molecule has 0 N–H and O–H groups in total. The highest BCUT2D eigenvalue weighted by molar-refractivity contribution is 6.23. The first-order chi connectivity index (χ1) is 23.3. The third-order valence-electron chi connectivity index (χ3n) is 9.84. The molecule has 0 fully saturated rings. The molecule has 0 aliphatic carbocycles. The molecule has 11 rings (SSSR count). The summed E-state index contributed by atoms with van der Waals surface area (Å²) in [7, 11) is 0. The zero-order valence-electron chi connectivity index (χ0n) is 25.1. The Balaban J connectivity index is 1.08. The lowest BCUT2D eigenvalue weighted by atomic mass is 9.90. The summed E-state index contributed by atoms with van der Waals surface area (Å²) in [5.74, 6) is 1.79. The number of hydrogen-bond donors (Lipinski definition) is 0. The van der Waals surface area contributed by atoms with Crippen LogP contribution < -0.4 is 4.74 Å². The van der Waals surface area contributed by atoms with Crippen molar-refractivity contribution in [2.75, 3.05) is 0 Å². The molecule has 3 heteroatoms. The van der Waals surface area contributed by atoms with Crippen molar-refractivity contribution in [3.05, 3.63) is 146 Å². The van der Waals surface area contributed by atoms with Gasteiger partial charge in [-0.15, -0.1) is 0 Å². The molecular weight excluding hydrogens is 576 g/mol. The van der Waals surface area contributed by atoms with Crippen LogP contribution in [-0.4, -0.2) is 0 Å². The zero-order valence-corrected chi connectivity index (χ0v) is 25.1. The maximum Gasteiger partial charge on any atom is 0.136 e. The van der Waals surface area contributed by atoms with E-state index < -0.39 is 0 Å². The van der Waals surface area contributed by atoms with E-state index in [2.05, 4.69) is 127 Å². The average molecular weight is 601 g/mol. The first-order valence-corrected chi connectivity index (χ1v) is 15.9. The minimum absolute atomic E-state index is 0.869. The van der Waals surface area contributed by atoms with Crippen molar-refractivity contribution < 1.29 is 13.6 Å². The lowest BCUT2D eigenvalue weighted by Gasteiger charge is -2.22. The van der Waals surface area contributed by atoms with Gasteiger partial charge in [-0.2, -0.15) is 0 Å². The van der Waals surface area contributed by atoms with Gasteiger partial charge in [0.1, 0.15) is 33.8 Å². The predicted molar refractivity (Wildman–Crippen MR) is 192 cm³/mol. The number of para-hydroxylation sites is 1. The van der Waals surface area contributed by atoms with Crippen LogP contribution in [0.4, 0.5) is 0 Å². The quantitative estimate of drug-likeness (QED) is 0.198. The Hall–Kier alpha value is -6.32. The van der Waals surface area contributed by atoms with Crippen LogP contribution in [0.5, 0.6) is 11.5 Å². The van der Waals surface area contributed by atoms with Crippen LogP contribution in [0.2, 0.25) is 0 Å². The molecule has 8 aromatic carbocycles. The second-order valence-corrected chi connectivity index (χ2v) is 12.4. The fourth-order valence-electron chi connectivity index (χ4n) is 7.71. The van der Waals surface area contributed by atoms with E-state index in [4.69, 9.17) is 13.6 Å². The zero-order chi connectivity index (χ0) is 30.6. The van der Waals surface area contributed by atoms with Crippen LogP contribution in [0, 0.1) is 0 Å². The van der Waals surface area contributed by atoms with E-state index in [0.717, 1.165) is 94.0 Å². The molecule has 0 unspecified atom stereocenters. The van der Waals surface area contributed by atoms with Crippen LogP contribution in [0.1, 0.15) is 0 Å². The summed E-state index contributed by atoms with van der Waals surface area (Å²) in [6.45, 7) is 0. The summed E-state index contributed by atoms with van der Waals surface area (Å²) in [6, 6.07) is 51.3. The number of rotatable bonds is 2. The van der Waals surface area contributed by atoms with Gasteiger partial charge in [0.2, 0.25) is 0 Å². The predicted octanol–water partition coefficient (Wildman–Crippen LogP) is 12.9. The van der Waals surface area contributed by atoms with Crippen LogP contribution in [0.25, 0.3) is 98.8 Å². The third-order valence-corrected chi connectivity index (χ3v) is 9.84. The fourth-order valence-corrected chi connectivity index (χ4v) is 7.71. The minimum Gasteiger partial charge on any atom is -0.456 e. The van der Waals surface area contributed by atoms with Crippen molar-refractivity contribution in [3.63, 3.8) is 0 Å². The van der Waals surface area contributed by atoms with Crippen molar-refractivity contribution in [2.24, 2.45) is 0 Å². The van der Waals surface area contributed by atoms with E-state index in [1.54, 1.807) is 0 Å². The Bertz CT molecular complexity index is 2940. The summed E-state index contributed by atoms with van der Waals surface area (Å²) < 4.78 is 19.2. The van der Waals surface area contributed by atoms with E-state index >= 15 is 0 Å². The van der Waals surface area contributed by atoms with E-state index in [1.807, 2.05) is 18.2 Å². The topological polar surface area (TPSA) is 35.5 Å². The van der Waals surface area contributed by atoms with Crippen LogP contribution in [-0.2, 0) is 0 Å².